The van der Waals surface area contributed by atoms with Crippen LogP contribution in [0.4, 0.5) is 0 Å². The second-order valence-corrected chi connectivity index (χ2v) is 1.89. The second-order valence-electron chi connectivity index (χ2n) is 1.47. The topological polar surface area (TPSA) is 26.3 Å². The molecule has 0 rings (SSSR count). The van der Waals surface area contributed by atoms with Crippen molar-refractivity contribution in [2.75, 3.05) is 13.2 Å². The molecule has 0 fully saturated rings. The van der Waals surface area contributed by atoms with Crippen molar-refractivity contribution in [3.05, 3.63) is 12.7 Å². The Morgan fingerprint density at radius 3 is 2.89 bits per heavy atom. The van der Waals surface area contributed by atoms with Crippen molar-refractivity contribution in [2.24, 2.45) is 0 Å². The van der Waals surface area contributed by atoms with Crippen LogP contribution in [0.1, 0.15) is 6.42 Å². The monoisotopic (exact) mass is 148 g/mol. The van der Waals surface area contributed by atoms with E-state index in [0.29, 0.717) is 13.2 Å². The van der Waals surface area contributed by atoms with E-state index in [1.54, 1.807) is 6.08 Å². The van der Waals surface area contributed by atoms with Gasteiger partial charge in [0.15, 0.2) is 0 Å². The Labute approximate surface area is 59.5 Å². The van der Waals surface area contributed by atoms with Crippen LogP contribution < -0.4 is 0 Å². The van der Waals surface area contributed by atoms with Gasteiger partial charge in [0.25, 0.3) is 0 Å². The first-order chi connectivity index (χ1) is 4.27. The summed E-state index contributed by atoms with van der Waals surface area (Å²) in [5.41, 5.74) is 0. The average molecular weight is 149 g/mol. The number of rotatable bonds is 5. The molecule has 0 aliphatic heterocycles. The van der Waals surface area contributed by atoms with Gasteiger partial charge in [0, 0.05) is 6.42 Å². The number of halogens is 1. The van der Waals surface area contributed by atoms with Gasteiger partial charge in [-0.05, 0) is 11.6 Å². The van der Waals surface area contributed by atoms with Crippen LogP contribution in [0.5, 0.6) is 0 Å². The highest BCUT2D eigenvalue weighted by Gasteiger charge is 1.92. The van der Waals surface area contributed by atoms with Crippen molar-refractivity contribution < 1.29 is 9.53 Å². The first-order valence-electron chi connectivity index (χ1n) is 2.64. The SMILES string of the molecule is C=CCOCCC(=O)Cl. The second kappa shape index (κ2) is 5.79. The molecule has 0 bridgehead atoms. The van der Waals surface area contributed by atoms with Gasteiger partial charge in [-0.1, -0.05) is 6.08 Å². The maximum atomic E-state index is 10.1. The Hall–Kier alpha value is -0.340. The summed E-state index contributed by atoms with van der Waals surface area (Å²) in [6.07, 6.45) is 1.90. The largest absolute Gasteiger partial charge is 0.377 e. The standard InChI is InChI=1S/C6H9ClO2/c1-2-4-9-5-3-6(7)8/h2H,1,3-5H2. The number of ether oxygens (including phenoxy) is 1. The van der Waals surface area contributed by atoms with Crippen molar-refractivity contribution >= 4 is 16.8 Å². The molecule has 0 unspecified atom stereocenters. The molecule has 0 atom stereocenters. The molecule has 0 aliphatic carbocycles. The number of hydrogen-bond acceptors (Lipinski definition) is 2. The molecule has 3 heteroatoms. The molecule has 0 aromatic rings. The first kappa shape index (κ1) is 8.66. The quantitative estimate of drug-likeness (QED) is 0.334. The molecule has 0 radical (unpaired) electrons. The van der Waals surface area contributed by atoms with Crippen molar-refractivity contribution in [3.8, 4) is 0 Å². The van der Waals surface area contributed by atoms with E-state index in [2.05, 4.69) is 6.58 Å². The van der Waals surface area contributed by atoms with Crippen LogP contribution in [-0.2, 0) is 9.53 Å². The van der Waals surface area contributed by atoms with Gasteiger partial charge < -0.3 is 4.74 Å². The molecule has 0 N–H and O–H groups in total. The predicted octanol–water partition coefficient (Wildman–Crippen LogP) is 1.34. The highest BCUT2D eigenvalue weighted by molar-refractivity contribution is 6.63. The minimum atomic E-state index is -0.362. The van der Waals surface area contributed by atoms with Crippen LogP contribution in [0.3, 0.4) is 0 Å². The molecule has 0 heterocycles. The zero-order chi connectivity index (χ0) is 7.11. The summed E-state index contributed by atoms with van der Waals surface area (Å²) in [7, 11) is 0. The fourth-order valence-electron chi connectivity index (χ4n) is 0.319. The van der Waals surface area contributed by atoms with E-state index < -0.39 is 0 Å². The molecule has 52 valence electrons. The molecular formula is C6H9ClO2. The van der Waals surface area contributed by atoms with E-state index in [1.165, 1.54) is 0 Å². The van der Waals surface area contributed by atoms with Gasteiger partial charge in [-0.25, -0.2) is 0 Å². The molecule has 0 saturated heterocycles. The third kappa shape index (κ3) is 7.66. The van der Waals surface area contributed by atoms with Crippen LogP contribution in [0.25, 0.3) is 0 Å². The summed E-state index contributed by atoms with van der Waals surface area (Å²) in [5.74, 6) is 0. The van der Waals surface area contributed by atoms with Gasteiger partial charge in [0.05, 0.1) is 13.2 Å². The molecule has 0 aromatic carbocycles. The fourth-order valence-corrected chi connectivity index (χ4v) is 0.396. The first-order valence-corrected chi connectivity index (χ1v) is 3.02. The Morgan fingerprint density at radius 2 is 2.44 bits per heavy atom. The fraction of sp³-hybridized carbons (Fsp3) is 0.500. The van der Waals surface area contributed by atoms with E-state index in [4.69, 9.17) is 16.3 Å². The third-order valence-electron chi connectivity index (χ3n) is 0.679. The third-order valence-corrected chi connectivity index (χ3v) is 0.868. The molecule has 0 saturated carbocycles. The van der Waals surface area contributed by atoms with E-state index in [0.717, 1.165) is 0 Å². The molecule has 2 nitrogen and oxygen atoms in total. The Bertz CT molecular complexity index is 101. The van der Waals surface area contributed by atoms with E-state index >= 15 is 0 Å². The Balaban J connectivity index is 2.91. The number of carbonyl (C=O) groups is 1. The molecule has 0 aliphatic rings. The minimum Gasteiger partial charge on any atom is -0.377 e. The number of hydrogen-bond donors (Lipinski definition) is 0. The normalized spacial score (nSPS) is 9.00. The van der Waals surface area contributed by atoms with E-state index in [9.17, 15) is 4.79 Å². The summed E-state index contributed by atoms with van der Waals surface area (Å²) >= 11 is 5.01. The zero-order valence-electron chi connectivity index (χ0n) is 5.10. The summed E-state index contributed by atoms with van der Waals surface area (Å²) in [5, 5.41) is -0.362. The van der Waals surface area contributed by atoms with E-state index in [1.807, 2.05) is 0 Å². The molecule has 0 aromatic heterocycles. The van der Waals surface area contributed by atoms with Crippen LogP contribution in [-0.4, -0.2) is 18.5 Å². The maximum Gasteiger partial charge on any atom is 0.223 e. The highest BCUT2D eigenvalue weighted by Crippen LogP contribution is 1.88. The van der Waals surface area contributed by atoms with Crippen LogP contribution in [0.15, 0.2) is 12.7 Å². The van der Waals surface area contributed by atoms with Crippen molar-refractivity contribution in [3.63, 3.8) is 0 Å². The lowest BCUT2D eigenvalue weighted by Gasteiger charge is -1.94. The summed E-state index contributed by atoms with van der Waals surface area (Å²) < 4.78 is 4.87. The lowest BCUT2D eigenvalue weighted by Crippen LogP contribution is -1.97. The van der Waals surface area contributed by atoms with Crippen LogP contribution in [0, 0.1) is 0 Å². The molecular weight excluding hydrogens is 140 g/mol. The highest BCUT2D eigenvalue weighted by atomic mass is 35.5. The van der Waals surface area contributed by atoms with Crippen LogP contribution in [0.2, 0.25) is 0 Å². The lowest BCUT2D eigenvalue weighted by atomic mass is 10.5. The predicted molar refractivity (Wildman–Crippen MR) is 36.5 cm³/mol. The van der Waals surface area contributed by atoms with Crippen molar-refractivity contribution in [1.29, 1.82) is 0 Å². The summed E-state index contributed by atoms with van der Waals surface area (Å²) in [6, 6.07) is 0. The van der Waals surface area contributed by atoms with Gasteiger partial charge in [0.1, 0.15) is 0 Å². The Morgan fingerprint density at radius 1 is 1.78 bits per heavy atom. The smallest absolute Gasteiger partial charge is 0.223 e. The summed E-state index contributed by atoms with van der Waals surface area (Å²) in [4.78, 5) is 10.1. The van der Waals surface area contributed by atoms with Crippen molar-refractivity contribution in [2.45, 2.75) is 6.42 Å². The molecule has 9 heavy (non-hydrogen) atoms. The summed E-state index contributed by atoms with van der Waals surface area (Å²) in [6.45, 7) is 4.29. The van der Waals surface area contributed by atoms with Gasteiger partial charge in [-0.15, -0.1) is 6.58 Å². The zero-order valence-corrected chi connectivity index (χ0v) is 5.86. The molecule has 0 amide bonds. The minimum absolute atomic E-state index is 0.273. The number of carbonyl (C=O) groups excluding carboxylic acids is 1. The van der Waals surface area contributed by atoms with Crippen molar-refractivity contribution in [1.82, 2.24) is 0 Å². The van der Waals surface area contributed by atoms with Gasteiger partial charge in [0.2, 0.25) is 5.24 Å². The average Bonchev–Trinajstić information content (AvgIpc) is 1.80. The lowest BCUT2D eigenvalue weighted by molar-refractivity contribution is -0.112. The molecule has 0 spiro atoms. The Kier molecular flexibility index (Phi) is 5.57. The van der Waals surface area contributed by atoms with Gasteiger partial charge >= 0.3 is 0 Å². The van der Waals surface area contributed by atoms with Gasteiger partial charge in [-0.3, -0.25) is 4.79 Å². The van der Waals surface area contributed by atoms with E-state index in [-0.39, 0.29) is 11.7 Å². The van der Waals surface area contributed by atoms with Gasteiger partial charge in [-0.2, -0.15) is 0 Å². The van der Waals surface area contributed by atoms with Crippen LogP contribution >= 0.6 is 11.6 Å². The maximum absolute atomic E-state index is 10.1.